The van der Waals surface area contributed by atoms with Crippen molar-refractivity contribution in [3.8, 4) is 5.75 Å². The summed E-state index contributed by atoms with van der Waals surface area (Å²) in [4.78, 5) is 13.6. The highest BCUT2D eigenvalue weighted by Gasteiger charge is 2.10. The number of benzene rings is 2. The van der Waals surface area contributed by atoms with E-state index in [9.17, 15) is 4.79 Å². The van der Waals surface area contributed by atoms with Gasteiger partial charge < -0.3 is 15.0 Å². The molecule has 2 aromatic rings. The summed E-state index contributed by atoms with van der Waals surface area (Å²) in [5.74, 6) is 0.443. The van der Waals surface area contributed by atoms with Gasteiger partial charge in [-0.05, 0) is 37.6 Å². The lowest BCUT2D eigenvalue weighted by atomic mass is 10.1. The molecule has 0 aliphatic heterocycles. The smallest absolute Gasteiger partial charge is 0.258 e. The zero-order valence-electron chi connectivity index (χ0n) is 14.8. The molecular weight excluding hydrogens is 336 g/mol. The van der Waals surface area contributed by atoms with E-state index in [0.717, 1.165) is 25.2 Å². The lowest BCUT2D eigenvalue weighted by Crippen LogP contribution is -3.10. The molecule has 0 aromatic heterocycles. The Morgan fingerprint density at radius 2 is 1.80 bits per heavy atom. The van der Waals surface area contributed by atoms with Crippen LogP contribution in [0.4, 0.5) is 0 Å². The fourth-order valence-electron chi connectivity index (χ4n) is 2.62. The molecule has 5 heteroatoms. The average Bonchev–Trinajstić information content (AvgIpc) is 2.63. The van der Waals surface area contributed by atoms with E-state index in [-0.39, 0.29) is 12.5 Å². The number of rotatable bonds is 9. The number of nitrogens with one attached hydrogen (secondary N) is 2. The fourth-order valence-corrected chi connectivity index (χ4v) is 2.80. The third-order valence-corrected chi connectivity index (χ3v) is 4.44. The Morgan fingerprint density at radius 3 is 2.48 bits per heavy atom. The molecule has 0 fully saturated rings. The van der Waals surface area contributed by atoms with Gasteiger partial charge in [-0.3, -0.25) is 4.79 Å². The second kappa shape index (κ2) is 10.1. The normalized spacial score (nSPS) is 10.7. The van der Waals surface area contributed by atoms with Crippen LogP contribution in [0.3, 0.4) is 0 Å². The predicted octanol–water partition coefficient (Wildman–Crippen LogP) is 2.46. The van der Waals surface area contributed by atoms with Crippen molar-refractivity contribution in [2.75, 3.05) is 19.7 Å². The minimum absolute atomic E-state index is 0.0240. The lowest BCUT2D eigenvalue weighted by Gasteiger charge is -2.18. The number of hydrogen-bond donors (Lipinski definition) is 2. The van der Waals surface area contributed by atoms with Gasteiger partial charge in [0, 0.05) is 17.1 Å². The van der Waals surface area contributed by atoms with Gasteiger partial charge in [0.05, 0.1) is 13.1 Å². The van der Waals surface area contributed by atoms with Crippen LogP contribution in [0.5, 0.6) is 5.75 Å². The molecule has 0 bridgehead atoms. The average molecular weight is 362 g/mol. The standard InChI is InChI=1S/C20H25ClN2O2/c1-3-23(4-2)14-17-9-6-5-8-16(17)13-22-20(24)15-25-19-11-7-10-18(21)12-19/h5-12H,3-4,13-15H2,1-2H3,(H,22,24)/p+1. The number of quaternary nitrogens is 1. The van der Waals surface area contributed by atoms with E-state index < -0.39 is 0 Å². The van der Waals surface area contributed by atoms with Crippen molar-refractivity contribution in [3.05, 3.63) is 64.7 Å². The minimum atomic E-state index is -0.148. The van der Waals surface area contributed by atoms with Crippen molar-refractivity contribution >= 4 is 17.5 Å². The van der Waals surface area contributed by atoms with Crippen molar-refractivity contribution in [1.29, 1.82) is 0 Å². The molecule has 0 spiro atoms. The first-order chi connectivity index (χ1) is 12.1. The lowest BCUT2D eigenvalue weighted by molar-refractivity contribution is -0.910. The van der Waals surface area contributed by atoms with Crippen LogP contribution in [0.2, 0.25) is 5.02 Å². The topological polar surface area (TPSA) is 42.8 Å². The van der Waals surface area contributed by atoms with Gasteiger partial charge >= 0.3 is 0 Å². The molecule has 0 unspecified atom stereocenters. The monoisotopic (exact) mass is 361 g/mol. The maximum absolute atomic E-state index is 12.0. The van der Waals surface area contributed by atoms with Crippen LogP contribution in [0.25, 0.3) is 0 Å². The van der Waals surface area contributed by atoms with Crippen molar-refractivity contribution < 1.29 is 14.4 Å². The van der Waals surface area contributed by atoms with E-state index in [0.29, 0.717) is 17.3 Å². The van der Waals surface area contributed by atoms with Crippen molar-refractivity contribution in [1.82, 2.24) is 5.32 Å². The summed E-state index contributed by atoms with van der Waals surface area (Å²) in [5.41, 5.74) is 2.43. The Bertz CT molecular complexity index is 687. The molecule has 0 radical (unpaired) electrons. The van der Waals surface area contributed by atoms with Crippen molar-refractivity contribution in [2.45, 2.75) is 26.9 Å². The summed E-state index contributed by atoms with van der Waals surface area (Å²) >= 11 is 5.90. The molecule has 2 N–H and O–H groups in total. The second-order valence-corrected chi connectivity index (χ2v) is 6.36. The zero-order valence-corrected chi connectivity index (χ0v) is 15.6. The Labute approximate surface area is 154 Å². The van der Waals surface area contributed by atoms with E-state index in [4.69, 9.17) is 16.3 Å². The van der Waals surface area contributed by atoms with Crippen LogP contribution >= 0.6 is 11.6 Å². The van der Waals surface area contributed by atoms with Crippen LogP contribution in [0, 0.1) is 0 Å². The molecule has 0 aliphatic carbocycles. The largest absolute Gasteiger partial charge is 0.484 e. The zero-order chi connectivity index (χ0) is 18.1. The van der Waals surface area contributed by atoms with E-state index in [1.807, 2.05) is 12.1 Å². The van der Waals surface area contributed by atoms with Crippen LogP contribution in [-0.2, 0) is 17.9 Å². The first-order valence-corrected chi connectivity index (χ1v) is 9.05. The SMILES string of the molecule is CC[NH+](CC)Cc1ccccc1CNC(=O)COc1cccc(Cl)c1. The molecule has 0 heterocycles. The summed E-state index contributed by atoms with van der Waals surface area (Å²) in [6.45, 7) is 8.01. The van der Waals surface area contributed by atoms with Gasteiger partial charge in [0.2, 0.25) is 0 Å². The first kappa shape index (κ1) is 19.3. The Morgan fingerprint density at radius 1 is 1.08 bits per heavy atom. The highest BCUT2D eigenvalue weighted by molar-refractivity contribution is 6.30. The number of ether oxygens (including phenoxy) is 1. The summed E-state index contributed by atoms with van der Waals surface area (Å²) in [7, 11) is 0. The third-order valence-electron chi connectivity index (χ3n) is 4.20. The summed E-state index contributed by atoms with van der Waals surface area (Å²) < 4.78 is 5.47. The van der Waals surface area contributed by atoms with E-state index in [1.54, 1.807) is 24.3 Å². The minimum Gasteiger partial charge on any atom is -0.484 e. The quantitative estimate of drug-likeness (QED) is 0.720. The van der Waals surface area contributed by atoms with Crippen LogP contribution in [0.15, 0.2) is 48.5 Å². The Hall–Kier alpha value is -2.04. The fraction of sp³-hybridized carbons (Fsp3) is 0.350. The molecule has 2 aromatic carbocycles. The van der Waals surface area contributed by atoms with Crippen molar-refractivity contribution in [2.24, 2.45) is 0 Å². The van der Waals surface area contributed by atoms with E-state index >= 15 is 0 Å². The maximum atomic E-state index is 12.0. The first-order valence-electron chi connectivity index (χ1n) is 8.67. The molecule has 134 valence electrons. The molecule has 25 heavy (non-hydrogen) atoms. The number of carbonyl (C=O) groups is 1. The van der Waals surface area contributed by atoms with E-state index in [2.05, 4.69) is 31.3 Å². The highest BCUT2D eigenvalue weighted by atomic mass is 35.5. The molecule has 2 rings (SSSR count). The molecule has 0 atom stereocenters. The van der Waals surface area contributed by atoms with Crippen LogP contribution < -0.4 is 15.0 Å². The van der Waals surface area contributed by atoms with Gasteiger partial charge in [-0.1, -0.05) is 41.9 Å². The van der Waals surface area contributed by atoms with Gasteiger partial charge in [0.25, 0.3) is 5.91 Å². The summed E-state index contributed by atoms with van der Waals surface area (Å²) in [6.07, 6.45) is 0. The highest BCUT2D eigenvalue weighted by Crippen LogP contribution is 2.16. The summed E-state index contributed by atoms with van der Waals surface area (Å²) in [5, 5.41) is 3.52. The number of halogens is 1. The van der Waals surface area contributed by atoms with Gasteiger partial charge in [-0.25, -0.2) is 0 Å². The molecule has 1 amide bonds. The Balaban J connectivity index is 1.87. The number of hydrogen-bond acceptors (Lipinski definition) is 2. The Kier molecular flexibility index (Phi) is 7.76. The molecule has 0 aliphatic rings. The van der Waals surface area contributed by atoms with Gasteiger partial charge in [0.1, 0.15) is 12.3 Å². The molecular formula is C20H26ClN2O2+. The van der Waals surface area contributed by atoms with E-state index in [1.165, 1.54) is 10.5 Å². The molecule has 0 saturated heterocycles. The maximum Gasteiger partial charge on any atom is 0.258 e. The van der Waals surface area contributed by atoms with Crippen molar-refractivity contribution in [3.63, 3.8) is 0 Å². The number of amides is 1. The molecule has 4 nitrogen and oxygen atoms in total. The van der Waals surface area contributed by atoms with Gasteiger partial charge in [-0.15, -0.1) is 0 Å². The predicted molar refractivity (Wildman–Crippen MR) is 101 cm³/mol. The third kappa shape index (κ3) is 6.40. The van der Waals surface area contributed by atoms with Crippen LogP contribution in [0.1, 0.15) is 25.0 Å². The summed E-state index contributed by atoms with van der Waals surface area (Å²) in [6, 6.07) is 15.3. The van der Waals surface area contributed by atoms with Gasteiger partial charge in [-0.2, -0.15) is 0 Å². The van der Waals surface area contributed by atoms with Gasteiger partial charge in [0.15, 0.2) is 6.61 Å². The molecule has 0 saturated carbocycles. The van der Waals surface area contributed by atoms with Crippen LogP contribution in [-0.4, -0.2) is 25.6 Å². The second-order valence-electron chi connectivity index (χ2n) is 5.93. The number of carbonyl (C=O) groups excluding carboxylic acids is 1.